The minimum atomic E-state index is -0.406. The summed E-state index contributed by atoms with van der Waals surface area (Å²) in [6.45, 7) is 2.27. The van der Waals surface area contributed by atoms with Crippen molar-refractivity contribution in [3.05, 3.63) is 35.4 Å². The molecule has 0 bridgehead atoms. The summed E-state index contributed by atoms with van der Waals surface area (Å²) in [7, 11) is 0. The molecule has 0 saturated heterocycles. The molecule has 0 aliphatic rings. The fourth-order valence-electron chi connectivity index (χ4n) is 1.37. The van der Waals surface area contributed by atoms with E-state index in [0.717, 1.165) is 11.1 Å². The second kappa shape index (κ2) is 5.90. The Labute approximate surface area is 94.8 Å². The molecule has 4 heteroatoms. The van der Waals surface area contributed by atoms with Crippen LogP contribution < -0.4 is 11.1 Å². The summed E-state index contributed by atoms with van der Waals surface area (Å²) < 4.78 is 0. The van der Waals surface area contributed by atoms with Crippen LogP contribution >= 0.6 is 0 Å². The Morgan fingerprint density at radius 2 is 2.00 bits per heavy atom. The second-order valence-electron chi connectivity index (χ2n) is 3.67. The van der Waals surface area contributed by atoms with Gasteiger partial charge in [0.25, 0.3) is 0 Å². The molecule has 0 unspecified atom stereocenters. The zero-order valence-electron chi connectivity index (χ0n) is 9.32. The molecule has 0 atom stereocenters. The van der Waals surface area contributed by atoms with Gasteiger partial charge in [-0.1, -0.05) is 24.3 Å². The van der Waals surface area contributed by atoms with Gasteiger partial charge in [-0.3, -0.25) is 9.59 Å². The first kappa shape index (κ1) is 12.2. The smallest absolute Gasteiger partial charge is 0.224 e. The molecule has 4 nitrogen and oxygen atoms in total. The fourth-order valence-corrected chi connectivity index (χ4v) is 1.37. The van der Waals surface area contributed by atoms with E-state index in [2.05, 4.69) is 5.32 Å². The van der Waals surface area contributed by atoms with Crippen LogP contribution in [0.5, 0.6) is 0 Å². The first-order valence-electron chi connectivity index (χ1n) is 5.19. The normalized spacial score (nSPS) is 9.81. The van der Waals surface area contributed by atoms with Crippen molar-refractivity contribution in [3.8, 4) is 0 Å². The predicted molar refractivity (Wildman–Crippen MR) is 61.7 cm³/mol. The Morgan fingerprint density at radius 3 is 2.62 bits per heavy atom. The molecule has 3 N–H and O–H groups in total. The SMILES string of the molecule is Cc1ccccc1CC(=O)NCCC(N)=O. The molecule has 0 saturated carbocycles. The van der Waals surface area contributed by atoms with Crippen LogP contribution in [0.25, 0.3) is 0 Å². The summed E-state index contributed by atoms with van der Waals surface area (Å²) in [6.07, 6.45) is 0.519. The number of nitrogens with one attached hydrogen (secondary N) is 1. The molecule has 1 rings (SSSR count). The largest absolute Gasteiger partial charge is 0.370 e. The highest BCUT2D eigenvalue weighted by molar-refractivity contribution is 5.80. The van der Waals surface area contributed by atoms with Gasteiger partial charge in [-0.2, -0.15) is 0 Å². The van der Waals surface area contributed by atoms with Crippen molar-refractivity contribution in [1.82, 2.24) is 5.32 Å². The van der Waals surface area contributed by atoms with E-state index in [1.54, 1.807) is 0 Å². The lowest BCUT2D eigenvalue weighted by molar-refractivity contribution is -0.120. The zero-order valence-corrected chi connectivity index (χ0v) is 9.32. The van der Waals surface area contributed by atoms with Gasteiger partial charge >= 0.3 is 0 Å². The van der Waals surface area contributed by atoms with Gasteiger partial charge in [0.2, 0.25) is 11.8 Å². The number of aryl methyl sites for hydroxylation is 1. The lowest BCUT2D eigenvalue weighted by atomic mass is 10.1. The van der Waals surface area contributed by atoms with Crippen LogP contribution in [0, 0.1) is 6.92 Å². The van der Waals surface area contributed by atoms with Gasteiger partial charge in [-0.15, -0.1) is 0 Å². The average Bonchev–Trinajstić information content (AvgIpc) is 2.21. The molecule has 0 spiro atoms. The Bertz CT molecular complexity index is 388. The van der Waals surface area contributed by atoms with E-state index in [1.807, 2.05) is 31.2 Å². The highest BCUT2D eigenvalue weighted by Crippen LogP contribution is 2.07. The van der Waals surface area contributed by atoms with Crippen molar-refractivity contribution in [1.29, 1.82) is 0 Å². The maximum atomic E-state index is 11.5. The monoisotopic (exact) mass is 220 g/mol. The van der Waals surface area contributed by atoms with Crippen molar-refractivity contribution in [2.45, 2.75) is 19.8 Å². The van der Waals surface area contributed by atoms with Crippen LogP contribution in [-0.4, -0.2) is 18.4 Å². The zero-order chi connectivity index (χ0) is 12.0. The Balaban J connectivity index is 2.40. The molecule has 0 heterocycles. The van der Waals surface area contributed by atoms with E-state index in [0.29, 0.717) is 13.0 Å². The summed E-state index contributed by atoms with van der Waals surface area (Å²) in [5.41, 5.74) is 7.05. The van der Waals surface area contributed by atoms with Crippen molar-refractivity contribution in [2.24, 2.45) is 5.73 Å². The lowest BCUT2D eigenvalue weighted by Gasteiger charge is -2.06. The highest BCUT2D eigenvalue weighted by Gasteiger charge is 2.05. The molecule has 16 heavy (non-hydrogen) atoms. The minimum Gasteiger partial charge on any atom is -0.370 e. The molecule has 0 fully saturated rings. The second-order valence-corrected chi connectivity index (χ2v) is 3.67. The van der Waals surface area contributed by atoms with Gasteiger partial charge in [-0.05, 0) is 18.1 Å². The van der Waals surface area contributed by atoms with Gasteiger partial charge in [0.1, 0.15) is 0 Å². The number of nitrogens with two attached hydrogens (primary N) is 1. The number of rotatable bonds is 5. The number of primary amides is 1. The van der Waals surface area contributed by atoms with Crippen molar-refractivity contribution >= 4 is 11.8 Å². The van der Waals surface area contributed by atoms with Crippen molar-refractivity contribution in [3.63, 3.8) is 0 Å². The number of amides is 2. The van der Waals surface area contributed by atoms with Gasteiger partial charge < -0.3 is 11.1 Å². The Hall–Kier alpha value is -1.84. The van der Waals surface area contributed by atoms with Crippen LogP contribution in [0.2, 0.25) is 0 Å². The maximum absolute atomic E-state index is 11.5. The van der Waals surface area contributed by atoms with E-state index in [-0.39, 0.29) is 12.3 Å². The van der Waals surface area contributed by atoms with Crippen LogP contribution in [0.4, 0.5) is 0 Å². The average molecular weight is 220 g/mol. The van der Waals surface area contributed by atoms with Gasteiger partial charge in [-0.25, -0.2) is 0 Å². The van der Waals surface area contributed by atoms with E-state index >= 15 is 0 Å². The summed E-state index contributed by atoms with van der Waals surface area (Å²) in [5, 5.41) is 2.65. The lowest BCUT2D eigenvalue weighted by Crippen LogP contribution is -2.29. The first-order valence-corrected chi connectivity index (χ1v) is 5.19. The highest BCUT2D eigenvalue weighted by atomic mass is 16.2. The van der Waals surface area contributed by atoms with E-state index in [1.165, 1.54) is 0 Å². The predicted octanol–water partition coefficient (Wildman–Crippen LogP) is 0.529. The summed E-state index contributed by atoms with van der Waals surface area (Å²) in [6, 6.07) is 7.72. The van der Waals surface area contributed by atoms with Gasteiger partial charge in [0.05, 0.1) is 6.42 Å². The van der Waals surface area contributed by atoms with E-state index < -0.39 is 5.91 Å². The molecule has 86 valence electrons. The maximum Gasteiger partial charge on any atom is 0.224 e. The van der Waals surface area contributed by atoms with Crippen LogP contribution in [0.15, 0.2) is 24.3 Å². The summed E-state index contributed by atoms with van der Waals surface area (Å²) in [5.74, 6) is -0.494. The Kier molecular flexibility index (Phi) is 4.51. The van der Waals surface area contributed by atoms with Gasteiger partial charge in [0, 0.05) is 13.0 Å². The number of hydrogen-bond acceptors (Lipinski definition) is 2. The quantitative estimate of drug-likeness (QED) is 0.759. The molecule has 1 aromatic carbocycles. The summed E-state index contributed by atoms with van der Waals surface area (Å²) >= 11 is 0. The topological polar surface area (TPSA) is 72.2 Å². The molecule has 2 amide bonds. The van der Waals surface area contributed by atoms with Crippen LogP contribution in [-0.2, 0) is 16.0 Å². The first-order chi connectivity index (χ1) is 7.59. The standard InChI is InChI=1S/C12H16N2O2/c1-9-4-2-3-5-10(9)8-12(16)14-7-6-11(13)15/h2-5H,6-8H2,1H3,(H2,13,15)(H,14,16). The molecule has 1 aromatic rings. The third-order valence-electron chi connectivity index (χ3n) is 2.31. The number of benzene rings is 1. The minimum absolute atomic E-state index is 0.0875. The third kappa shape index (κ3) is 4.13. The number of carbonyl (C=O) groups is 2. The van der Waals surface area contributed by atoms with Crippen LogP contribution in [0.1, 0.15) is 17.5 Å². The molecule has 0 aliphatic heterocycles. The Morgan fingerprint density at radius 1 is 1.31 bits per heavy atom. The molecular weight excluding hydrogens is 204 g/mol. The number of hydrogen-bond donors (Lipinski definition) is 2. The third-order valence-corrected chi connectivity index (χ3v) is 2.31. The number of carbonyl (C=O) groups excluding carboxylic acids is 2. The van der Waals surface area contributed by atoms with Crippen molar-refractivity contribution in [2.75, 3.05) is 6.54 Å². The van der Waals surface area contributed by atoms with E-state index in [4.69, 9.17) is 5.73 Å². The molecular formula is C12H16N2O2. The van der Waals surface area contributed by atoms with Crippen LogP contribution in [0.3, 0.4) is 0 Å². The van der Waals surface area contributed by atoms with E-state index in [9.17, 15) is 9.59 Å². The molecule has 0 aromatic heterocycles. The fraction of sp³-hybridized carbons (Fsp3) is 0.333. The van der Waals surface area contributed by atoms with Crippen molar-refractivity contribution < 1.29 is 9.59 Å². The van der Waals surface area contributed by atoms with Gasteiger partial charge in [0.15, 0.2) is 0 Å². The molecule has 0 aliphatic carbocycles. The summed E-state index contributed by atoms with van der Waals surface area (Å²) in [4.78, 5) is 21.9. The molecule has 0 radical (unpaired) electrons.